The number of rotatable bonds is 5. The van der Waals surface area contributed by atoms with Gasteiger partial charge in [0.15, 0.2) is 0 Å². The van der Waals surface area contributed by atoms with Crippen molar-refractivity contribution in [2.24, 2.45) is 0 Å². The molecule has 2 atom stereocenters. The van der Waals surface area contributed by atoms with E-state index in [0.29, 0.717) is 6.42 Å². The number of methoxy groups -OCH3 is 1. The highest BCUT2D eigenvalue weighted by Crippen LogP contribution is 2.40. The van der Waals surface area contributed by atoms with Crippen LogP contribution < -0.4 is 4.74 Å². The van der Waals surface area contributed by atoms with Crippen molar-refractivity contribution in [2.75, 3.05) is 13.7 Å². The number of pyridine rings is 1. The Bertz CT molecular complexity index is 983. The lowest BCUT2D eigenvalue weighted by molar-refractivity contribution is -0.145. The maximum Gasteiger partial charge on any atom is 0.320 e. The van der Waals surface area contributed by atoms with Gasteiger partial charge >= 0.3 is 5.97 Å². The Kier molecular flexibility index (Phi) is 5.26. The lowest BCUT2D eigenvalue weighted by Crippen LogP contribution is -2.47. The van der Waals surface area contributed by atoms with Gasteiger partial charge in [-0.1, -0.05) is 42.8 Å². The minimum atomic E-state index is -0.766. The summed E-state index contributed by atoms with van der Waals surface area (Å²) in [5.41, 5.74) is 2.95. The molecule has 144 valence electrons. The topological polar surface area (TPSA) is 62.7 Å². The molecule has 2 aromatic carbocycles. The van der Waals surface area contributed by atoms with Crippen molar-refractivity contribution < 1.29 is 14.6 Å². The molecule has 0 aliphatic carbocycles. The van der Waals surface area contributed by atoms with Crippen LogP contribution in [-0.2, 0) is 4.79 Å². The molecule has 0 saturated carbocycles. The van der Waals surface area contributed by atoms with Crippen molar-refractivity contribution in [1.82, 2.24) is 9.88 Å². The number of benzene rings is 2. The normalized spacial score (nSPS) is 18.7. The highest BCUT2D eigenvalue weighted by Gasteiger charge is 2.36. The number of hydrogen-bond acceptors (Lipinski definition) is 4. The van der Waals surface area contributed by atoms with E-state index in [1.165, 1.54) is 0 Å². The summed E-state index contributed by atoms with van der Waals surface area (Å²) in [4.78, 5) is 18.7. The number of piperidine rings is 1. The number of aromatic nitrogens is 1. The van der Waals surface area contributed by atoms with E-state index in [1.54, 1.807) is 13.3 Å². The molecule has 0 bridgehead atoms. The average Bonchev–Trinajstić information content (AvgIpc) is 2.75. The Morgan fingerprint density at radius 3 is 2.71 bits per heavy atom. The number of aliphatic carboxylic acids is 1. The van der Waals surface area contributed by atoms with Gasteiger partial charge in [0, 0.05) is 17.1 Å². The van der Waals surface area contributed by atoms with Crippen molar-refractivity contribution in [2.45, 2.75) is 31.3 Å². The third kappa shape index (κ3) is 3.34. The average molecular weight is 376 g/mol. The van der Waals surface area contributed by atoms with E-state index in [0.717, 1.165) is 47.2 Å². The van der Waals surface area contributed by atoms with Crippen LogP contribution in [0.2, 0.25) is 0 Å². The number of para-hydroxylation sites is 2. The molecular weight excluding hydrogens is 352 g/mol. The molecule has 0 spiro atoms. The lowest BCUT2D eigenvalue weighted by Gasteiger charge is -2.40. The number of carboxylic acids is 1. The van der Waals surface area contributed by atoms with E-state index in [-0.39, 0.29) is 6.04 Å². The summed E-state index contributed by atoms with van der Waals surface area (Å²) in [6, 6.07) is 17.2. The molecule has 2 heterocycles. The predicted molar refractivity (Wildman–Crippen MR) is 109 cm³/mol. The molecule has 1 aliphatic rings. The summed E-state index contributed by atoms with van der Waals surface area (Å²) >= 11 is 0. The molecule has 5 nitrogen and oxygen atoms in total. The van der Waals surface area contributed by atoms with Gasteiger partial charge in [0.1, 0.15) is 11.8 Å². The largest absolute Gasteiger partial charge is 0.496 e. The number of ether oxygens (including phenoxy) is 1. The van der Waals surface area contributed by atoms with E-state index in [9.17, 15) is 9.90 Å². The van der Waals surface area contributed by atoms with Crippen LogP contribution >= 0.6 is 0 Å². The molecule has 1 aliphatic heterocycles. The number of likely N-dealkylation sites (tertiary alicyclic amines) is 1. The second-order valence-corrected chi connectivity index (χ2v) is 7.15. The molecule has 0 amide bonds. The van der Waals surface area contributed by atoms with Crippen molar-refractivity contribution in [3.63, 3.8) is 0 Å². The van der Waals surface area contributed by atoms with Crippen molar-refractivity contribution in [1.29, 1.82) is 0 Å². The second kappa shape index (κ2) is 7.98. The molecule has 1 N–H and O–H groups in total. The van der Waals surface area contributed by atoms with Crippen LogP contribution in [-0.4, -0.2) is 40.7 Å². The number of hydrogen-bond donors (Lipinski definition) is 1. The van der Waals surface area contributed by atoms with Crippen molar-refractivity contribution in [3.8, 4) is 5.75 Å². The first-order valence-corrected chi connectivity index (χ1v) is 9.66. The molecule has 1 fully saturated rings. The molecule has 5 heteroatoms. The number of carbonyl (C=O) groups is 1. The van der Waals surface area contributed by atoms with E-state index in [1.807, 2.05) is 48.5 Å². The summed E-state index contributed by atoms with van der Waals surface area (Å²) in [5, 5.41) is 10.9. The molecule has 4 rings (SSSR count). The molecular formula is C23H24N2O3. The fourth-order valence-electron chi connectivity index (χ4n) is 4.30. The summed E-state index contributed by atoms with van der Waals surface area (Å²) in [7, 11) is 1.66. The molecule has 3 aromatic rings. The first-order valence-electron chi connectivity index (χ1n) is 9.66. The van der Waals surface area contributed by atoms with Crippen LogP contribution in [0.3, 0.4) is 0 Å². The Hall–Kier alpha value is -2.92. The number of nitrogens with zero attached hydrogens (tertiary/aromatic N) is 2. The zero-order valence-electron chi connectivity index (χ0n) is 15.9. The van der Waals surface area contributed by atoms with E-state index in [2.05, 4.69) is 16.0 Å². The van der Waals surface area contributed by atoms with E-state index < -0.39 is 12.0 Å². The van der Waals surface area contributed by atoms with Gasteiger partial charge in [0.2, 0.25) is 0 Å². The maximum atomic E-state index is 12.1. The van der Waals surface area contributed by atoms with Crippen LogP contribution in [0.4, 0.5) is 0 Å². The van der Waals surface area contributed by atoms with Crippen LogP contribution in [0.5, 0.6) is 5.75 Å². The van der Waals surface area contributed by atoms with E-state index >= 15 is 0 Å². The summed E-state index contributed by atoms with van der Waals surface area (Å²) in [5.74, 6) is 0.000986. The Labute approximate surface area is 164 Å². The van der Waals surface area contributed by atoms with Gasteiger partial charge in [-0.25, -0.2) is 0 Å². The molecule has 1 aromatic heterocycles. The quantitative estimate of drug-likeness (QED) is 0.720. The minimum absolute atomic E-state index is 0.217. The fraction of sp³-hybridized carbons (Fsp3) is 0.304. The van der Waals surface area contributed by atoms with Crippen LogP contribution in [0.25, 0.3) is 10.9 Å². The highest BCUT2D eigenvalue weighted by atomic mass is 16.5. The standard InChI is InChI=1S/C23H24N2O3/c1-28-21-12-5-3-9-18(21)22(25-15-7-6-11-20(25)23(26)27)17-13-14-24-19-10-4-2-8-16(17)19/h2-5,8-10,12-14,20,22H,6-7,11,15H2,1H3,(H,26,27). The summed E-state index contributed by atoms with van der Waals surface area (Å²) in [6.07, 6.45) is 4.38. The van der Waals surface area contributed by atoms with Crippen molar-refractivity contribution in [3.05, 3.63) is 71.9 Å². The van der Waals surface area contributed by atoms with Gasteiger partial charge in [0.05, 0.1) is 18.7 Å². The molecule has 1 saturated heterocycles. The van der Waals surface area contributed by atoms with Gasteiger partial charge in [-0.2, -0.15) is 0 Å². The van der Waals surface area contributed by atoms with Gasteiger partial charge in [0.25, 0.3) is 0 Å². The van der Waals surface area contributed by atoms with Crippen LogP contribution in [0, 0.1) is 0 Å². The van der Waals surface area contributed by atoms with E-state index in [4.69, 9.17) is 4.74 Å². The first kappa shape index (κ1) is 18.4. The number of carboxylic acid groups (broad SMARTS) is 1. The molecule has 28 heavy (non-hydrogen) atoms. The van der Waals surface area contributed by atoms with Gasteiger partial charge in [-0.15, -0.1) is 0 Å². The monoisotopic (exact) mass is 376 g/mol. The fourth-order valence-corrected chi connectivity index (χ4v) is 4.30. The van der Waals surface area contributed by atoms with Gasteiger partial charge < -0.3 is 9.84 Å². The predicted octanol–water partition coefficient (Wildman–Crippen LogP) is 4.27. The lowest BCUT2D eigenvalue weighted by atomic mass is 9.89. The Balaban J connectivity index is 1.94. The Morgan fingerprint density at radius 2 is 1.89 bits per heavy atom. The minimum Gasteiger partial charge on any atom is -0.496 e. The van der Waals surface area contributed by atoms with Crippen LogP contribution in [0.1, 0.15) is 36.4 Å². The summed E-state index contributed by atoms with van der Waals surface area (Å²) < 4.78 is 5.66. The number of fused-ring (bicyclic) bond motifs is 1. The third-order valence-electron chi connectivity index (χ3n) is 5.57. The zero-order valence-corrected chi connectivity index (χ0v) is 15.9. The molecule has 0 radical (unpaired) electrons. The smallest absolute Gasteiger partial charge is 0.320 e. The van der Waals surface area contributed by atoms with Gasteiger partial charge in [-0.05, 0) is 43.1 Å². The second-order valence-electron chi connectivity index (χ2n) is 7.15. The van der Waals surface area contributed by atoms with Gasteiger partial charge in [-0.3, -0.25) is 14.7 Å². The van der Waals surface area contributed by atoms with Crippen LogP contribution in [0.15, 0.2) is 60.8 Å². The zero-order chi connectivity index (χ0) is 19.5. The summed E-state index contributed by atoms with van der Waals surface area (Å²) in [6.45, 7) is 0.732. The first-order chi connectivity index (χ1) is 13.7. The highest BCUT2D eigenvalue weighted by molar-refractivity contribution is 5.83. The van der Waals surface area contributed by atoms with Crippen molar-refractivity contribution >= 4 is 16.9 Å². The SMILES string of the molecule is COc1ccccc1C(c1ccnc2ccccc12)N1CCCCC1C(=O)O. The molecule has 2 unspecified atom stereocenters. The maximum absolute atomic E-state index is 12.1. The third-order valence-corrected chi connectivity index (χ3v) is 5.57. The Morgan fingerprint density at radius 1 is 1.11 bits per heavy atom.